The van der Waals surface area contributed by atoms with Gasteiger partial charge in [-0.1, -0.05) is 0 Å². The number of hydrogen-bond donors (Lipinski definition) is 1. The minimum absolute atomic E-state index is 0.144. The monoisotopic (exact) mass is 335 g/mol. The van der Waals surface area contributed by atoms with E-state index in [1.165, 1.54) is 0 Å². The summed E-state index contributed by atoms with van der Waals surface area (Å²) in [6.45, 7) is 1.85. The number of aryl methyl sites for hydroxylation is 1. The molecule has 0 atom stereocenters. The van der Waals surface area contributed by atoms with Gasteiger partial charge >= 0.3 is 0 Å². The first kappa shape index (κ1) is 16.4. The van der Waals surface area contributed by atoms with Gasteiger partial charge in [0.15, 0.2) is 5.76 Å². The second-order valence-corrected chi connectivity index (χ2v) is 5.44. The van der Waals surface area contributed by atoms with Crippen molar-refractivity contribution in [1.29, 1.82) is 5.26 Å². The lowest BCUT2D eigenvalue weighted by Crippen LogP contribution is -2.00. The molecule has 0 aliphatic carbocycles. The number of anilines is 1. The average molecular weight is 335 g/mol. The highest BCUT2D eigenvalue weighted by Crippen LogP contribution is 2.35. The second-order valence-electron chi connectivity index (χ2n) is 5.44. The standard InChI is InChI=1S/C19H17N3O3/c1-11-4-5-18(25-11)17-9-15(16(10-20)19(21)22-17)12-6-13(23-2)8-14(7-12)24-3/h4-9H,1-3H3,(H2,21,22). The van der Waals surface area contributed by atoms with E-state index < -0.39 is 0 Å². The van der Waals surface area contributed by atoms with Crippen LogP contribution in [-0.2, 0) is 0 Å². The van der Waals surface area contributed by atoms with Crippen molar-refractivity contribution in [1.82, 2.24) is 4.98 Å². The number of nitrogens with zero attached hydrogens (tertiary/aromatic N) is 2. The first-order valence-corrected chi connectivity index (χ1v) is 7.56. The molecule has 0 unspecified atom stereocenters. The van der Waals surface area contributed by atoms with E-state index in [0.717, 1.165) is 11.3 Å². The Morgan fingerprint density at radius 1 is 1.08 bits per heavy atom. The van der Waals surface area contributed by atoms with Crippen LogP contribution in [0.3, 0.4) is 0 Å². The number of nitrogens with two attached hydrogens (primary N) is 1. The molecule has 1 aromatic carbocycles. The number of benzene rings is 1. The number of ether oxygens (including phenoxy) is 2. The van der Waals surface area contributed by atoms with Crippen LogP contribution in [0.2, 0.25) is 0 Å². The van der Waals surface area contributed by atoms with Crippen LogP contribution in [0.5, 0.6) is 11.5 Å². The van der Waals surface area contributed by atoms with Crippen LogP contribution in [0, 0.1) is 18.3 Å². The summed E-state index contributed by atoms with van der Waals surface area (Å²) in [4.78, 5) is 4.30. The van der Waals surface area contributed by atoms with E-state index in [2.05, 4.69) is 11.1 Å². The first-order valence-electron chi connectivity index (χ1n) is 7.56. The van der Waals surface area contributed by atoms with Crippen molar-refractivity contribution in [3.63, 3.8) is 0 Å². The molecule has 2 heterocycles. The highest BCUT2D eigenvalue weighted by Gasteiger charge is 2.16. The fourth-order valence-corrected chi connectivity index (χ4v) is 2.57. The maximum absolute atomic E-state index is 9.52. The summed E-state index contributed by atoms with van der Waals surface area (Å²) in [6.07, 6.45) is 0. The summed E-state index contributed by atoms with van der Waals surface area (Å²) in [6, 6.07) is 13.0. The molecule has 2 N–H and O–H groups in total. The third-order valence-corrected chi connectivity index (χ3v) is 3.81. The highest BCUT2D eigenvalue weighted by atomic mass is 16.5. The molecule has 0 aliphatic rings. The molecule has 126 valence electrons. The average Bonchev–Trinajstić information content (AvgIpc) is 3.06. The number of nitriles is 1. The zero-order chi connectivity index (χ0) is 18.0. The van der Waals surface area contributed by atoms with Crippen LogP contribution in [0.4, 0.5) is 5.82 Å². The normalized spacial score (nSPS) is 10.3. The molecule has 0 saturated carbocycles. The molecule has 3 rings (SSSR count). The number of nitrogen functional groups attached to an aromatic ring is 1. The number of rotatable bonds is 4. The summed E-state index contributed by atoms with van der Waals surface area (Å²) < 4.78 is 16.3. The van der Waals surface area contributed by atoms with Crippen molar-refractivity contribution >= 4 is 5.82 Å². The molecule has 0 radical (unpaired) electrons. The fourth-order valence-electron chi connectivity index (χ4n) is 2.57. The minimum Gasteiger partial charge on any atom is -0.497 e. The Hall–Kier alpha value is -3.46. The Balaban J connectivity index is 2.24. The van der Waals surface area contributed by atoms with Crippen LogP contribution < -0.4 is 15.2 Å². The van der Waals surface area contributed by atoms with Crippen LogP contribution in [0.1, 0.15) is 11.3 Å². The van der Waals surface area contributed by atoms with Crippen LogP contribution in [0.15, 0.2) is 40.8 Å². The number of furan rings is 1. The number of hydrogen-bond acceptors (Lipinski definition) is 6. The van der Waals surface area contributed by atoms with Crippen molar-refractivity contribution in [2.75, 3.05) is 20.0 Å². The molecule has 25 heavy (non-hydrogen) atoms. The molecule has 6 nitrogen and oxygen atoms in total. The van der Waals surface area contributed by atoms with Gasteiger partial charge in [-0.25, -0.2) is 4.98 Å². The SMILES string of the molecule is COc1cc(OC)cc(-c2cc(-c3ccc(C)o3)nc(N)c2C#N)c1. The lowest BCUT2D eigenvalue weighted by Gasteiger charge is -2.12. The summed E-state index contributed by atoms with van der Waals surface area (Å²) in [5.41, 5.74) is 8.25. The van der Waals surface area contributed by atoms with E-state index in [4.69, 9.17) is 19.6 Å². The molecule has 0 bridgehead atoms. The van der Waals surface area contributed by atoms with E-state index in [1.807, 2.05) is 31.2 Å². The predicted molar refractivity (Wildman–Crippen MR) is 94.3 cm³/mol. The molecule has 3 aromatic rings. The van der Waals surface area contributed by atoms with Gasteiger partial charge in [-0.3, -0.25) is 0 Å². The number of pyridine rings is 1. The van der Waals surface area contributed by atoms with Crippen molar-refractivity contribution < 1.29 is 13.9 Å². The van der Waals surface area contributed by atoms with E-state index in [-0.39, 0.29) is 5.82 Å². The van der Waals surface area contributed by atoms with Gasteiger partial charge in [0, 0.05) is 11.6 Å². The molecule has 2 aromatic heterocycles. The van der Waals surface area contributed by atoms with Crippen molar-refractivity contribution in [3.05, 3.63) is 47.7 Å². The zero-order valence-electron chi connectivity index (χ0n) is 14.2. The van der Waals surface area contributed by atoms with E-state index in [0.29, 0.717) is 34.1 Å². The number of methoxy groups -OCH3 is 2. The molecular weight excluding hydrogens is 318 g/mol. The van der Waals surface area contributed by atoms with Crippen molar-refractivity contribution in [2.24, 2.45) is 0 Å². The maximum atomic E-state index is 9.52. The highest BCUT2D eigenvalue weighted by molar-refractivity contribution is 5.80. The Morgan fingerprint density at radius 2 is 1.76 bits per heavy atom. The molecule has 0 fully saturated rings. The third-order valence-electron chi connectivity index (χ3n) is 3.81. The molecule has 0 amide bonds. The topological polar surface area (TPSA) is 94.3 Å². The maximum Gasteiger partial charge on any atom is 0.152 e. The smallest absolute Gasteiger partial charge is 0.152 e. The molecule has 0 aliphatic heterocycles. The molecular formula is C19H17N3O3. The number of aromatic nitrogens is 1. The lowest BCUT2D eigenvalue weighted by atomic mass is 9.99. The van der Waals surface area contributed by atoms with Gasteiger partial charge in [0.25, 0.3) is 0 Å². The largest absolute Gasteiger partial charge is 0.497 e. The van der Waals surface area contributed by atoms with Crippen molar-refractivity contribution in [3.8, 4) is 40.1 Å². The second kappa shape index (κ2) is 6.57. The molecule has 6 heteroatoms. The van der Waals surface area contributed by atoms with Crippen molar-refractivity contribution in [2.45, 2.75) is 6.92 Å². The lowest BCUT2D eigenvalue weighted by molar-refractivity contribution is 0.394. The van der Waals surface area contributed by atoms with Crippen LogP contribution in [-0.4, -0.2) is 19.2 Å². The van der Waals surface area contributed by atoms with Gasteiger partial charge < -0.3 is 19.6 Å². The fraction of sp³-hybridized carbons (Fsp3) is 0.158. The summed E-state index contributed by atoms with van der Waals surface area (Å²) in [5, 5.41) is 9.52. The summed E-state index contributed by atoms with van der Waals surface area (Å²) in [7, 11) is 3.14. The van der Waals surface area contributed by atoms with Gasteiger partial charge in [0.1, 0.15) is 40.4 Å². The zero-order valence-corrected chi connectivity index (χ0v) is 14.2. The Bertz CT molecular complexity index is 948. The Labute approximate surface area is 145 Å². The third kappa shape index (κ3) is 3.12. The Morgan fingerprint density at radius 3 is 2.28 bits per heavy atom. The quantitative estimate of drug-likeness (QED) is 0.779. The predicted octanol–water partition coefficient (Wildman–Crippen LogP) is 3.79. The van der Waals surface area contributed by atoms with Gasteiger partial charge in [-0.15, -0.1) is 0 Å². The van der Waals surface area contributed by atoms with Crippen LogP contribution >= 0.6 is 0 Å². The molecule has 0 saturated heterocycles. The first-order chi connectivity index (χ1) is 12.0. The van der Waals surface area contributed by atoms with Crippen LogP contribution in [0.25, 0.3) is 22.6 Å². The van der Waals surface area contributed by atoms with Gasteiger partial charge in [0.2, 0.25) is 0 Å². The summed E-state index contributed by atoms with van der Waals surface area (Å²) in [5.74, 6) is 2.73. The summed E-state index contributed by atoms with van der Waals surface area (Å²) >= 11 is 0. The van der Waals surface area contributed by atoms with E-state index >= 15 is 0 Å². The van der Waals surface area contributed by atoms with Gasteiger partial charge in [-0.05, 0) is 42.8 Å². The molecule has 0 spiro atoms. The van der Waals surface area contributed by atoms with Gasteiger partial charge in [0.05, 0.1) is 14.2 Å². The van der Waals surface area contributed by atoms with E-state index in [9.17, 15) is 5.26 Å². The minimum atomic E-state index is 0.144. The van der Waals surface area contributed by atoms with E-state index in [1.54, 1.807) is 26.4 Å². The Kier molecular flexibility index (Phi) is 4.31. The van der Waals surface area contributed by atoms with Gasteiger partial charge in [-0.2, -0.15) is 5.26 Å².